The number of nitrogens with one attached hydrogen (secondary N) is 2. The normalized spacial score (nSPS) is 14.5. The highest BCUT2D eigenvalue weighted by Gasteiger charge is 2.34. The van der Waals surface area contributed by atoms with Gasteiger partial charge in [-0.05, 0) is 65.2 Å². The maximum Gasteiger partial charge on any atom is 0.259 e. The van der Waals surface area contributed by atoms with Crippen LogP contribution in [0.2, 0.25) is 0 Å². The van der Waals surface area contributed by atoms with Gasteiger partial charge in [0.1, 0.15) is 11.6 Å². The fourth-order valence-corrected chi connectivity index (χ4v) is 4.87. The third-order valence-corrected chi connectivity index (χ3v) is 6.95. The maximum absolute atomic E-state index is 14.0. The number of hydrogen-bond donors (Lipinski definition) is 3. The Labute approximate surface area is 236 Å². The van der Waals surface area contributed by atoms with E-state index in [0.717, 1.165) is 11.1 Å². The van der Waals surface area contributed by atoms with Crippen LogP contribution in [0.3, 0.4) is 0 Å². The van der Waals surface area contributed by atoms with Crippen LogP contribution in [0.25, 0.3) is 0 Å². The van der Waals surface area contributed by atoms with Crippen molar-refractivity contribution in [2.24, 2.45) is 5.73 Å². The largest absolute Gasteiger partial charge is 0.497 e. The van der Waals surface area contributed by atoms with Crippen LogP contribution in [-0.4, -0.2) is 24.8 Å². The lowest BCUT2D eigenvalue weighted by atomic mass is 9.99. The number of nitrogens with zero attached hydrogens (tertiary/aromatic N) is 1. The molecule has 0 radical (unpaired) electrons. The van der Waals surface area contributed by atoms with E-state index in [1.165, 1.54) is 24.1 Å². The Morgan fingerprint density at radius 1 is 0.976 bits per heavy atom. The summed E-state index contributed by atoms with van der Waals surface area (Å²) in [6, 6.07) is 24.1. The summed E-state index contributed by atoms with van der Waals surface area (Å²) >= 11 is 0. The summed E-state index contributed by atoms with van der Waals surface area (Å²) in [7, 11) is 1.51. The molecule has 208 valence electrons. The monoisotopic (exact) mass is 552 g/mol. The molecular formula is C32H29FN4O4. The standard InChI is InChI=1S/C32H29FN4O4/c1-41-26-7-3-6-24(15-26)32(40)37-28-13-10-23(31(39)35-19-21-5-2-4-20(14-21)18-34)16-27(28)36-30(38)17-29(37)22-8-11-25(33)12-9-22/h2-16,29H,17-19,34H2,1H3,(H,35,39)(H,36,38). The van der Waals surface area contributed by atoms with Gasteiger partial charge in [-0.3, -0.25) is 19.3 Å². The van der Waals surface area contributed by atoms with Crippen molar-refractivity contribution in [2.75, 3.05) is 17.3 Å². The molecule has 41 heavy (non-hydrogen) atoms. The zero-order chi connectivity index (χ0) is 28.9. The number of benzene rings is 4. The molecule has 3 amide bonds. The lowest BCUT2D eigenvalue weighted by Gasteiger charge is -2.31. The van der Waals surface area contributed by atoms with Crippen LogP contribution < -0.4 is 26.0 Å². The average molecular weight is 553 g/mol. The second-order valence-corrected chi connectivity index (χ2v) is 9.67. The molecule has 4 aromatic rings. The SMILES string of the molecule is COc1cccc(C(=O)N2c3ccc(C(=O)NCc4cccc(CN)c4)cc3NC(=O)CC2c2ccc(F)cc2)c1. The third-order valence-electron chi connectivity index (χ3n) is 6.95. The number of anilines is 2. The second kappa shape index (κ2) is 12.0. The van der Waals surface area contributed by atoms with Crippen molar-refractivity contribution >= 4 is 29.1 Å². The molecule has 0 bridgehead atoms. The Bertz CT molecular complexity index is 1610. The van der Waals surface area contributed by atoms with E-state index in [2.05, 4.69) is 10.6 Å². The smallest absolute Gasteiger partial charge is 0.259 e. The van der Waals surface area contributed by atoms with Gasteiger partial charge in [-0.25, -0.2) is 4.39 Å². The molecule has 8 nitrogen and oxygen atoms in total. The zero-order valence-corrected chi connectivity index (χ0v) is 22.4. The van der Waals surface area contributed by atoms with E-state index < -0.39 is 11.9 Å². The van der Waals surface area contributed by atoms with Crippen molar-refractivity contribution in [3.63, 3.8) is 0 Å². The number of fused-ring (bicyclic) bond motifs is 1. The number of methoxy groups -OCH3 is 1. The van der Waals surface area contributed by atoms with Gasteiger partial charge in [0.05, 0.1) is 30.9 Å². The van der Waals surface area contributed by atoms with E-state index in [-0.39, 0.29) is 24.1 Å². The van der Waals surface area contributed by atoms with Gasteiger partial charge in [0.25, 0.3) is 11.8 Å². The van der Waals surface area contributed by atoms with Gasteiger partial charge in [-0.15, -0.1) is 0 Å². The van der Waals surface area contributed by atoms with Crippen LogP contribution >= 0.6 is 0 Å². The summed E-state index contributed by atoms with van der Waals surface area (Å²) in [5, 5.41) is 5.74. The van der Waals surface area contributed by atoms with Crippen LogP contribution in [-0.2, 0) is 17.9 Å². The van der Waals surface area contributed by atoms with Crippen LogP contribution in [0.4, 0.5) is 15.8 Å². The van der Waals surface area contributed by atoms with Crippen molar-refractivity contribution in [1.82, 2.24) is 5.32 Å². The van der Waals surface area contributed by atoms with Crippen molar-refractivity contribution < 1.29 is 23.5 Å². The first-order valence-electron chi connectivity index (χ1n) is 13.1. The molecule has 1 aliphatic rings. The molecule has 5 rings (SSSR count). The number of amides is 3. The molecule has 1 atom stereocenters. The molecule has 1 heterocycles. The number of carbonyl (C=O) groups excluding carboxylic acids is 3. The topological polar surface area (TPSA) is 114 Å². The quantitative estimate of drug-likeness (QED) is 0.300. The Hall–Kier alpha value is -5.02. The number of halogens is 1. The Morgan fingerprint density at radius 3 is 2.49 bits per heavy atom. The number of hydrogen-bond acceptors (Lipinski definition) is 5. The molecular weight excluding hydrogens is 523 g/mol. The van der Waals surface area contributed by atoms with E-state index in [0.29, 0.717) is 46.9 Å². The summed E-state index contributed by atoms with van der Waals surface area (Å²) in [6.45, 7) is 0.694. The van der Waals surface area contributed by atoms with Crippen LogP contribution in [0.1, 0.15) is 49.9 Å². The Balaban J connectivity index is 1.51. The van der Waals surface area contributed by atoms with Crippen molar-refractivity contribution in [2.45, 2.75) is 25.6 Å². The van der Waals surface area contributed by atoms with E-state index in [1.807, 2.05) is 24.3 Å². The van der Waals surface area contributed by atoms with Gasteiger partial charge in [0, 0.05) is 24.2 Å². The molecule has 1 aliphatic heterocycles. The number of ether oxygens (including phenoxy) is 1. The lowest BCUT2D eigenvalue weighted by Crippen LogP contribution is -2.35. The van der Waals surface area contributed by atoms with Gasteiger partial charge in [-0.1, -0.05) is 42.5 Å². The van der Waals surface area contributed by atoms with E-state index >= 15 is 0 Å². The minimum absolute atomic E-state index is 0.0744. The predicted molar refractivity (Wildman–Crippen MR) is 154 cm³/mol. The summed E-state index contributed by atoms with van der Waals surface area (Å²) in [5.74, 6) is -0.999. The predicted octanol–water partition coefficient (Wildman–Crippen LogP) is 4.95. The minimum atomic E-state index is -0.731. The summed E-state index contributed by atoms with van der Waals surface area (Å²) < 4.78 is 19.1. The molecule has 0 saturated heterocycles. The van der Waals surface area contributed by atoms with Crippen molar-refractivity contribution in [3.05, 3.63) is 125 Å². The first kappa shape index (κ1) is 27.5. The van der Waals surface area contributed by atoms with E-state index in [4.69, 9.17) is 10.5 Å². The van der Waals surface area contributed by atoms with Crippen LogP contribution in [0.15, 0.2) is 91.0 Å². The molecule has 0 fully saturated rings. The molecule has 0 aromatic heterocycles. The zero-order valence-electron chi connectivity index (χ0n) is 22.4. The van der Waals surface area contributed by atoms with Gasteiger partial charge >= 0.3 is 0 Å². The number of nitrogens with two attached hydrogens (primary N) is 1. The van der Waals surface area contributed by atoms with Crippen LogP contribution in [0.5, 0.6) is 5.75 Å². The minimum Gasteiger partial charge on any atom is -0.497 e. The highest BCUT2D eigenvalue weighted by molar-refractivity contribution is 6.12. The van der Waals surface area contributed by atoms with E-state index in [1.54, 1.807) is 54.6 Å². The maximum atomic E-state index is 14.0. The summed E-state index contributed by atoms with van der Waals surface area (Å²) in [4.78, 5) is 41.7. The van der Waals surface area contributed by atoms with E-state index in [9.17, 15) is 18.8 Å². The summed E-state index contributed by atoms with van der Waals surface area (Å²) in [5.41, 5.74) is 9.55. The average Bonchev–Trinajstić information content (AvgIpc) is 3.15. The van der Waals surface area contributed by atoms with Gasteiger partial charge in [-0.2, -0.15) is 0 Å². The third kappa shape index (κ3) is 6.10. The molecule has 4 N–H and O–H groups in total. The lowest BCUT2D eigenvalue weighted by molar-refractivity contribution is -0.116. The summed E-state index contributed by atoms with van der Waals surface area (Å²) in [6.07, 6.45) is -0.0744. The molecule has 1 unspecified atom stereocenters. The Morgan fingerprint density at radius 2 is 1.73 bits per heavy atom. The molecule has 0 saturated carbocycles. The number of carbonyl (C=O) groups is 3. The first-order valence-corrected chi connectivity index (χ1v) is 13.1. The molecule has 0 aliphatic carbocycles. The van der Waals surface area contributed by atoms with Crippen molar-refractivity contribution in [1.29, 1.82) is 0 Å². The van der Waals surface area contributed by atoms with Crippen molar-refractivity contribution in [3.8, 4) is 5.75 Å². The van der Waals surface area contributed by atoms with Gasteiger partial charge in [0.2, 0.25) is 5.91 Å². The Kier molecular flexibility index (Phi) is 8.07. The van der Waals surface area contributed by atoms with Gasteiger partial charge < -0.3 is 21.1 Å². The van der Waals surface area contributed by atoms with Gasteiger partial charge in [0.15, 0.2) is 0 Å². The van der Waals surface area contributed by atoms with Crippen LogP contribution in [0, 0.1) is 5.82 Å². The highest BCUT2D eigenvalue weighted by atomic mass is 19.1. The molecule has 9 heteroatoms. The molecule has 4 aromatic carbocycles. The fourth-order valence-electron chi connectivity index (χ4n) is 4.87. The second-order valence-electron chi connectivity index (χ2n) is 9.67. The fraction of sp³-hybridized carbons (Fsp3) is 0.156. The molecule has 0 spiro atoms. The number of rotatable bonds is 7. The highest BCUT2D eigenvalue weighted by Crippen LogP contribution is 2.40. The first-order chi connectivity index (χ1) is 19.9.